The van der Waals surface area contributed by atoms with Gasteiger partial charge < -0.3 is 19.0 Å². The molecule has 192 valence electrons. The van der Waals surface area contributed by atoms with Gasteiger partial charge in [0.1, 0.15) is 11.7 Å². The first-order chi connectivity index (χ1) is 17.0. The number of aliphatic hydroxyl groups is 1. The Hall–Kier alpha value is -2.35. The van der Waals surface area contributed by atoms with Crippen LogP contribution in [-0.4, -0.2) is 43.7 Å². The number of halogens is 1. The van der Waals surface area contributed by atoms with Crippen molar-refractivity contribution < 1.29 is 23.4 Å². The standard InChI is InChI=1S/C30H37FO4Si/c1-28(2,3)36(24-17-11-7-12-18-24,25-19-13-8-14-20-25)34-22-26-30(5,32)29(4,31)27(35-26)33-21-23-15-9-6-10-16-23/h6-20,26-27,32H,21-22H2,1-5H3/t26-,27?,29+,30+/m1/s1. The van der Waals surface area contributed by atoms with Crippen LogP contribution >= 0.6 is 0 Å². The van der Waals surface area contributed by atoms with Gasteiger partial charge in [-0.2, -0.15) is 0 Å². The highest BCUT2D eigenvalue weighted by Crippen LogP contribution is 2.45. The zero-order chi connectivity index (χ0) is 26.0. The third-order valence-corrected chi connectivity index (χ3v) is 12.5. The van der Waals surface area contributed by atoms with Gasteiger partial charge in [0.2, 0.25) is 0 Å². The summed E-state index contributed by atoms with van der Waals surface area (Å²) in [5.74, 6) is 0. The van der Waals surface area contributed by atoms with Gasteiger partial charge in [0.25, 0.3) is 8.32 Å². The Morgan fingerprint density at radius 3 is 1.81 bits per heavy atom. The van der Waals surface area contributed by atoms with Crippen LogP contribution in [0.2, 0.25) is 5.04 Å². The maximum atomic E-state index is 16.0. The predicted octanol–water partition coefficient (Wildman–Crippen LogP) is 4.98. The van der Waals surface area contributed by atoms with E-state index >= 15 is 4.39 Å². The lowest BCUT2D eigenvalue weighted by molar-refractivity contribution is -0.187. The Balaban J connectivity index is 1.63. The molecule has 1 saturated heterocycles. The fraction of sp³-hybridized carbons (Fsp3) is 0.400. The van der Waals surface area contributed by atoms with Crippen LogP contribution in [0.3, 0.4) is 0 Å². The van der Waals surface area contributed by atoms with Gasteiger partial charge in [0.15, 0.2) is 12.0 Å². The Morgan fingerprint density at radius 2 is 1.33 bits per heavy atom. The fourth-order valence-electron chi connectivity index (χ4n) is 5.07. The molecule has 0 amide bonds. The molecule has 1 fully saturated rings. The van der Waals surface area contributed by atoms with Crippen molar-refractivity contribution in [2.45, 2.75) is 69.9 Å². The molecule has 3 aromatic carbocycles. The summed E-state index contributed by atoms with van der Waals surface area (Å²) in [6.45, 7) is 9.56. The number of hydrogen-bond acceptors (Lipinski definition) is 4. The lowest BCUT2D eigenvalue weighted by atomic mass is 9.85. The molecule has 1 aliphatic rings. The van der Waals surface area contributed by atoms with Crippen LogP contribution in [-0.2, 0) is 20.5 Å². The molecule has 0 aliphatic carbocycles. The monoisotopic (exact) mass is 508 g/mol. The molecule has 0 bridgehead atoms. The van der Waals surface area contributed by atoms with Gasteiger partial charge in [0.05, 0.1) is 13.2 Å². The van der Waals surface area contributed by atoms with E-state index in [-0.39, 0.29) is 18.3 Å². The maximum absolute atomic E-state index is 16.0. The average molecular weight is 509 g/mol. The van der Waals surface area contributed by atoms with Crippen molar-refractivity contribution >= 4 is 18.7 Å². The normalized spacial score (nSPS) is 26.8. The molecule has 1 heterocycles. The van der Waals surface area contributed by atoms with Gasteiger partial charge in [-0.25, -0.2) is 4.39 Å². The second-order valence-electron chi connectivity index (χ2n) is 11.0. The van der Waals surface area contributed by atoms with Crippen molar-refractivity contribution in [2.75, 3.05) is 6.61 Å². The number of ether oxygens (including phenoxy) is 2. The van der Waals surface area contributed by atoms with Crippen molar-refractivity contribution in [3.63, 3.8) is 0 Å². The van der Waals surface area contributed by atoms with Crippen molar-refractivity contribution in [1.29, 1.82) is 0 Å². The van der Waals surface area contributed by atoms with Gasteiger partial charge in [-0.1, -0.05) is 112 Å². The molecule has 4 rings (SSSR count). The zero-order valence-electron chi connectivity index (χ0n) is 21.8. The first kappa shape index (κ1) is 26.7. The molecule has 1 N–H and O–H groups in total. The highest BCUT2D eigenvalue weighted by atomic mass is 28.4. The van der Waals surface area contributed by atoms with E-state index in [1.54, 1.807) is 0 Å². The summed E-state index contributed by atoms with van der Waals surface area (Å²) < 4.78 is 34.8. The molecule has 4 atom stereocenters. The number of benzene rings is 3. The molecule has 0 aromatic heterocycles. The predicted molar refractivity (Wildman–Crippen MR) is 144 cm³/mol. The molecule has 0 spiro atoms. The van der Waals surface area contributed by atoms with Gasteiger partial charge in [-0.05, 0) is 34.8 Å². The van der Waals surface area contributed by atoms with E-state index in [4.69, 9.17) is 13.9 Å². The molecular formula is C30H37FO4Si. The van der Waals surface area contributed by atoms with Crippen LogP contribution in [0.1, 0.15) is 40.2 Å². The van der Waals surface area contributed by atoms with E-state index in [1.807, 2.05) is 66.7 Å². The highest BCUT2D eigenvalue weighted by molar-refractivity contribution is 6.99. The van der Waals surface area contributed by atoms with E-state index in [2.05, 4.69) is 45.0 Å². The number of hydrogen-bond donors (Lipinski definition) is 1. The van der Waals surface area contributed by atoms with Crippen LogP contribution in [0.4, 0.5) is 4.39 Å². The second-order valence-corrected chi connectivity index (χ2v) is 15.3. The fourth-order valence-corrected chi connectivity index (χ4v) is 9.63. The Morgan fingerprint density at radius 1 is 0.861 bits per heavy atom. The largest absolute Gasteiger partial charge is 0.405 e. The minimum absolute atomic E-state index is 0.0327. The first-order valence-electron chi connectivity index (χ1n) is 12.5. The maximum Gasteiger partial charge on any atom is 0.261 e. The van der Waals surface area contributed by atoms with Crippen LogP contribution in [0.5, 0.6) is 0 Å². The van der Waals surface area contributed by atoms with Gasteiger partial charge >= 0.3 is 0 Å². The molecular weight excluding hydrogens is 471 g/mol. The van der Waals surface area contributed by atoms with Gasteiger partial charge in [-0.3, -0.25) is 0 Å². The average Bonchev–Trinajstić information content (AvgIpc) is 3.03. The van der Waals surface area contributed by atoms with Crippen molar-refractivity contribution in [1.82, 2.24) is 0 Å². The van der Waals surface area contributed by atoms with Gasteiger partial charge in [-0.15, -0.1) is 0 Å². The summed E-state index contributed by atoms with van der Waals surface area (Å²) in [5.41, 5.74) is -3.02. The Bertz CT molecular complexity index is 1070. The van der Waals surface area contributed by atoms with E-state index in [0.29, 0.717) is 0 Å². The molecule has 1 unspecified atom stereocenters. The molecule has 0 radical (unpaired) electrons. The van der Waals surface area contributed by atoms with E-state index in [1.165, 1.54) is 13.8 Å². The number of rotatable bonds is 8. The second kappa shape index (κ2) is 10.2. The SMILES string of the molecule is CC(C)(C)[Si](OC[C@H]1OC(OCc2ccccc2)[C@](C)(F)[C@@]1(C)O)(c1ccccc1)c1ccccc1. The van der Waals surface area contributed by atoms with Crippen molar-refractivity contribution in [2.24, 2.45) is 0 Å². The Labute approximate surface area is 215 Å². The van der Waals surface area contributed by atoms with Crippen LogP contribution < -0.4 is 10.4 Å². The summed E-state index contributed by atoms with van der Waals surface area (Å²) >= 11 is 0. The molecule has 0 saturated carbocycles. The number of alkyl halides is 1. The minimum Gasteiger partial charge on any atom is -0.405 e. The van der Waals surface area contributed by atoms with Crippen molar-refractivity contribution in [3.8, 4) is 0 Å². The summed E-state index contributed by atoms with van der Waals surface area (Å²) in [6.07, 6.45) is -2.13. The summed E-state index contributed by atoms with van der Waals surface area (Å²) in [7, 11) is -2.87. The third kappa shape index (κ3) is 4.81. The molecule has 6 heteroatoms. The van der Waals surface area contributed by atoms with Crippen LogP contribution in [0.25, 0.3) is 0 Å². The van der Waals surface area contributed by atoms with Gasteiger partial charge in [0, 0.05) is 0 Å². The Kier molecular flexibility index (Phi) is 7.56. The molecule has 36 heavy (non-hydrogen) atoms. The van der Waals surface area contributed by atoms with E-state index in [9.17, 15) is 5.11 Å². The molecule has 3 aromatic rings. The van der Waals surface area contributed by atoms with Crippen LogP contribution in [0.15, 0.2) is 91.0 Å². The zero-order valence-corrected chi connectivity index (χ0v) is 22.8. The van der Waals surface area contributed by atoms with E-state index < -0.39 is 32.0 Å². The topological polar surface area (TPSA) is 47.9 Å². The minimum atomic E-state index is -2.87. The molecule has 4 nitrogen and oxygen atoms in total. The smallest absolute Gasteiger partial charge is 0.261 e. The van der Waals surface area contributed by atoms with Crippen LogP contribution in [0, 0.1) is 0 Å². The van der Waals surface area contributed by atoms with E-state index in [0.717, 1.165) is 15.9 Å². The quantitative estimate of drug-likeness (QED) is 0.436. The summed E-state index contributed by atoms with van der Waals surface area (Å²) in [6, 6.07) is 30.0. The summed E-state index contributed by atoms with van der Waals surface area (Å²) in [5, 5.41) is 13.3. The highest BCUT2D eigenvalue weighted by Gasteiger charge is 2.64. The third-order valence-electron chi connectivity index (χ3n) is 7.46. The summed E-state index contributed by atoms with van der Waals surface area (Å²) in [4.78, 5) is 0. The first-order valence-corrected chi connectivity index (χ1v) is 14.4. The lowest BCUT2D eigenvalue weighted by Crippen LogP contribution is -2.67. The van der Waals surface area contributed by atoms with Crippen molar-refractivity contribution in [3.05, 3.63) is 96.6 Å². The lowest BCUT2D eigenvalue weighted by Gasteiger charge is -2.44. The molecule has 1 aliphatic heterocycles.